The number of benzene rings is 1. The van der Waals surface area contributed by atoms with Crippen LogP contribution < -0.4 is 5.73 Å². The lowest BCUT2D eigenvalue weighted by Gasteiger charge is -2.61. The Balaban J connectivity index is 1.40. The number of nitrogens with zero attached hydrogens (tertiary/aromatic N) is 1. The van der Waals surface area contributed by atoms with Crippen molar-refractivity contribution in [2.75, 3.05) is 13.1 Å². The first-order chi connectivity index (χ1) is 11.3. The van der Waals surface area contributed by atoms with Gasteiger partial charge in [-0.25, -0.2) is 0 Å². The Morgan fingerprint density at radius 3 is 2.09 bits per heavy atom. The van der Waals surface area contributed by atoms with E-state index in [9.17, 15) is 0 Å². The molecule has 2 N–H and O–H groups in total. The van der Waals surface area contributed by atoms with Crippen LogP contribution in [0.4, 0.5) is 0 Å². The highest BCUT2D eigenvalue weighted by atomic mass is 15.3. The first-order valence-corrected chi connectivity index (χ1v) is 9.79. The Morgan fingerprint density at radius 2 is 1.52 bits per heavy atom. The van der Waals surface area contributed by atoms with Gasteiger partial charge < -0.3 is 5.73 Å². The summed E-state index contributed by atoms with van der Waals surface area (Å²) in [5, 5.41) is 0. The summed E-state index contributed by atoms with van der Waals surface area (Å²) in [6.45, 7) is 1.93. The van der Waals surface area contributed by atoms with Crippen LogP contribution in [0.2, 0.25) is 0 Å². The molecule has 0 aliphatic heterocycles. The molecule has 0 amide bonds. The number of rotatable bonds is 5. The maximum absolute atomic E-state index is 6.06. The molecule has 5 saturated carbocycles. The third-order valence-electron chi connectivity index (χ3n) is 7.37. The minimum absolute atomic E-state index is 0.516. The summed E-state index contributed by atoms with van der Waals surface area (Å²) in [5.74, 6) is 3.83. The molecule has 6 rings (SSSR count). The zero-order valence-corrected chi connectivity index (χ0v) is 14.2. The Labute approximate surface area is 140 Å². The van der Waals surface area contributed by atoms with Gasteiger partial charge in [0.2, 0.25) is 0 Å². The van der Waals surface area contributed by atoms with E-state index in [1.54, 1.807) is 5.56 Å². The summed E-state index contributed by atoms with van der Waals surface area (Å²) < 4.78 is 0. The average Bonchev–Trinajstić information content (AvgIpc) is 3.32. The van der Waals surface area contributed by atoms with Crippen LogP contribution in [0.15, 0.2) is 30.3 Å². The van der Waals surface area contributed by atoms with Crippen LogP contribution in [-0.2, 0) is 0 Å². The highest BCUT2D eigenvalue weighted by Gasteiger charge is 2.57. The molecule has 5 fully saturated rings. The lowest BCUT2D eigenvalue weighted by molar-refractivity contribution is -0.0919. The summed E-state index contributed by atoms with van der Waals surface area (Å²) in [7, 11) is 0. The van der Waals surface area contributed by atoms with Crippen molar-refractivity contribution in [1.82, 2.24) is 4.90 Å². The highest BCUT2D eigenvalue weighted by Crippen LogP contribution is 2.60. The van der Waals surface area contributed by atoms with E-state index in [2.05, 4.69) is 35.2 Å². The molecule has 1 aromatic carbocycles. The number of nitrogens with two attached hydrogens (primary N) is 1. The fourth-order valence-electron chi connectivity index (χ4n) is 6.90. The molecule has 0 heterocycles. The van der Waals surface area contributed by atoms with Gasteiger partial charge in [-0.3, -0.25) is 4.90 Å². The average molecular weight is 310 g/mol. The molecule has 2 atom stereocenters. The quantitative estimate of drug-likeness (QED) is 0.897. The van der Waals surface area contributed by atoms with E-state index in [0.717, 1.165) is 42.8 Å². The van der Waals surface area contributed by atoms with Crippen molar-refractivity contribution in [3.05, 3.63) is 35.9 Å². The Bertz CT molecular complexity index is 531. The third-order valence-corrected chi connectivity index (χ3v) is 7.37. The van der Waals surface area contributed by atoms with E-state index in [0.29, 0.717) is 5.54 Å². The second-order valence-electron chi connectivity index (χ2n) is 8.94. The van der Waals surface area contributed by atoms with Crippen molar-refractivity contribution < 1.29 is 0 Å². The summed E-state index contributed by atoms with van der Waals surface area (Å²) in [5.41, 5.74) is 8.12. The summed E-state index contributed by atoms with van der Waals surface area (Å²) in [6.07, 6.45) is 10.4. The lowest BCUT2D eigenvalue weighted by Crippen LogP contribution is -2.61. The molecule has 2 heteroatoms. The van der Waals surface area contributed by atoms with Crippen molar-refractivity contribution in [2.24, 2.45) is 23.5 Å². The van der Waals surface area contributed by atoms with Crippen molar-refractivity contribution in [3.8, 4) is 0 Å². The van der Waals surface area contributed by atoms with Crippen LogP contribution in [-0.4, -0.2) is 29.6 Å². The topological polar surface area (TPSA) is 29.3 Å². The van der Waals surface area contributed by atoms with E-state index < -0.39 is 0 Å². The van der Waals surface area contributed by atoms with Gasteiger partial charge in [0, 0.05) is 30.6 Å². The van der Waals surface area contributed by atoms with Crippen molar-refractivity contribution in [3.63, 3.8) is 0 Å². The number of hydrogen-bond acceptors (Lipinski definition) is 2. The van der Waals surface area contributed by atoms with Crippen molar-refractivity contribution in [2.45, 2.75) is 62.4 Å². The minimum Gasteiger partial charge on any atom is -0.329 e. The predicted molar refractivity (Wildman–Crippen MR) is 94.3 cm³/mol. The lowest BCUT2D eigenvalue weighted by atomic mass is 9.52. The van der Waals surface area contributed by atoms with E-state index in [4.69, 9.17) is 5.73 Å². The molecule has 0 saturated heterocycles. The van der Waals surface area contributed by atoms with E-state index >= 15 is 0 Å². The Hall–Kier alpha value is -0.860. The first-order valence-electron chi connectivity index (χ1n) is 9.79. The maximum atomic E-state index is 6.06. The summed E-state index contributed by atoms with van der Waals surface area (Å²) >= 11 is 0. The van der Waals surface area contributed by atoms with Crippen LogP contribution >= 0.6 is 0 Å². The molecule has 0 radical (unpaired) electrons. The molecule has 1 aromatic rings. The fraction of sp³-hybridized carbons (Fsp3) is 0.714. The molecule has 2 nitrogen and oxygen atoms in total. The van der Waals surface area contributed by atoms with Crippen molar-refractivity contribution in [1.29, 1.82) is 0 Å². The van der Waals surface area contributed by atoms with Crippen LogP contribution in [0.5, 0.6) is 0 Å². The fourth-order valence-corrected chi connectivity index (χ4v) is 6.90. The van der Waals surface area contributed by atoms with Gasteiger partial charge in [0.15, 0.2) is 0 Å². The van der Waals surface area contributed by atoms with Crippen LogP contribution in [0.1, 0.15) is 56.4 Å². The van der Waals surface area contributed by atoms with Gasteiger partial charge in [-0.05, 0) is 68.3 Å². The van der Waals surface area contributed by atoms with Gasteiger partial charge >= 0.3 is 0 Å². The molecular formula is C21H30N2. The zero-order chi connectivity index (χ0) is 15.4. The molecule has 5 aliphatic carbocycles. The molecule has 0 aromatic heterocycles. The molecule has 23 heavy (non-hydrogen) atoms. The van der Waals surface area contributed by atoms with E-state index in [-0.39, 0.29) is 0 Å². The minimum atomic E-state index is 0.516. The SMILES string of the molecule is NCCN([C@@H]1C[C@H]1c1ccccc1)C12CC3CC(CC(C3)C1)C2. The van der Waals surface area contributed by atoms with E-state index in [1.165, 1.54) is 44.9 Å². The molecular weight excluding hydrogens is 280 g/mol. The molecule has 0 unspecified atom stereocenters. The summed E-state index contributed by atoms with van der Waals surface area (Å²) in [6, 6.07) is 11.9. The van der Waals surface area contributed by atoms with Crippen LogP contribution in [0.25, 0.3) is 0 Å². The summed E-state index contributed by atoms with van der Waals surface area (Å²) in [4.78, 5) is 2.91. The van der Waals surface area contributed by atoms with Crippen LogP contribution in [0, 0.1) is 17.8 Å². The Morgan fingerprint density at radius 1 is 0.913 bits per heavy atom. The zero-order valence-electron chi connectivity index (χ0n) is 14.2. The smallest absolute Gasteiger partial charge is 0.0221 e. The van der Waals surface area contributed by atoms with Crippen LogP contribution in [0.3, 0.4) is 0 Å². The maximum Gasteiger partial charge on any atom is 0.0221 e. The van der Waals surface area contributed by atoms with Crippen molar-refractivity contribution >= 4 is 0 Å². The monoisotopic (exact) mass is 310 g/mol. The molecule has 0 spiro atoms. The predicted octanol–water partition coefficient (Wildman–Crippen LogP) is 3.77. The molecule has 4 bridgehead atoms. The third kappa shape index (κ3) is 2.37. The highest BCUT2D eigenvalue weighted by molar-refractivity contribution is 5.29. The molecule has 5 aliphatic rings. The second-order valence-corrected chi connectivity index (χ2v) is 8.94. The molecule has 124 valence electrons. The van der Waals surface area contributed by atoms with Gasteiger partial charge in [-0.2, -0.15) is 0 Å². The number of hydrogen-bond donors (Lipinski definition) is 1. The Kier molecular flexibility index (Phi) is 3.35. The second kappa shape index (κ2) is 5.32. The van der Waals surface area contributed by atoms with Gasteiger partial charge in [0.1, 0.15) is 0 Å². The standard InChI is InChI=1S/C21H30N2/c22-6-7-23(20-11-19(20)18-4-2-1-3-5-18)21-12-15-8-16(13-21)10-17(9-15)14-21/h1-5,15-17,19-20H,6-14,22H2/t15?,16?,17?,19-,20+,21?/m0/s1. The van der Waals surface area contributed by atoms with E-state index in [1.807, 2.05) is 0 Å². The first kappa shape index (κ1) is 14.5. The van der Waals surface area contributed by atoms with Gasteiger partial charge in [-0.1, -0.05) is 30.3 Å². The van der Waals surface area contributed by atoms with Gasteiger partial charge in [0.25, 0.3) is 0 Å². The largest absolute Gasteiger partial charge is 0.329 e. The normalized spacial score (nSPS) is 44.0. The van der Waals surface area contributed by atoms with Gasteiger partial charge in [-0.15, -0.1) is 0 Å². The van der Waals surface area contributed by atoms with Gasteiger partial charge in [0.05, 0.1) is 0 Å².